The van der Waals surface area contributed by atoms with Gasteiger partial charge in [0.05, 0.1) is 18.6 Å². The number of amides is 1. The second-order valence-corrected chi connectivity index (χ2v) is 7.42. The Labute approximate surface area is 168 Å². The Hall–Kier alpha value is -2.87. The first-order chi connectivity index (χ1) is 13.5. The fourth-order valence-corrected chi connectivity index (χ4v) is 3.54. The van der Waals surface area contributed by atoms with Gasteiger partial charge in [0.25, 0.3) is 0 Å². The summed E-state index contributed by atoms with van der Waals surface area (Å²) in [5.74, 6) is 1.07. The molecular formula is C20H23N5O2S. The summed E-state index contributed by atoms with van der Waals surface area (Å²) in [4.78, 5) is 14.2. The van der Waals surface area contributed by atoms with Crippen molar-refractivity contribution in [1.29, 1.82) is 0 Å². The topological polar surface area (TPSA) is 73.1 Å². The SMILES string of the molecule is COc1ccc(CN(C)C(=O)CSc2nnnn2-c2cccc(C)c2C)cc1. The van der Waals surface area contributed by atoms with E-state index >= 15 is 0 Å². The molecule has 0 atom stereocenters. The first-order valence-electron chi connectivity index (χ1n) is 8.84. The molecular weight excluding hydrogens is 374 g/mol. The standard InChI is InChI=1S/C20H23N5O2S/c1-14-6-5-7-18(15(14)2)25-20(21-22-23-25)28-13-19(26)24(3)12-16-8-10-17(27-4)11-9-16/h5-11H,12-13H2,1-4H3. The number of carbonyl (C=O) groups excluding carboxylic acids is 1. The Morgan fingerprint density at radius 3 is 2.64 bits per heavy atom. The second-order valence-electron chi connectivity index (χ2n) is 6.48. The molecule has 0 saturated heterocycles. The third-order valence-electron chi connectivity index (χ3n) is 4.57. The molecule has 0 unspecified atom stereocenters. The fourth-order valence-electron chi connectivity index (χ4n) is 2.71. The minimum Gasteiger partial charge on any atom is -0.497 e. The van der Waals surface area contributed by atoms with E-state index in [1.165, 1.54) is 17.3 Å². The van der Waals surface area contributed by atoms with Gasteiger partial charge in [0, 0.05) is 13.6 Å². The summed E-state index contributed by atoms with van der Waals surface area (Å²) in [6.45, 7) is 4.62. The maximum absolute atomic E-state index is 12.5. The molecule has 146 valence electrons. The summed E-state index contributed by atoms with van der Waals surface area (Å²) in [6.07, 6.45) is 0. The molecule has 0 aliphatic rings. The zero-order chi connectivity index (χ0) is 20.1. The van der Waals surface area contributed by atoms with Crippen molar-refractivity contribution in [3.05, 3.63) is 59.2 Å². The number of benzene rings is 2. The van der Waals surface area contributed by atoms with Gasteiger partial charge in [0.1, 0.15) is 5.75 Å². The van der Waals surface area contributed by atoms with Crippen LogP contribution in [-0.2, 0) is 11.3 Å². The number of methoxy groups -OCH3 is 1. The first-order valence-corrected chi connectivity index (χ1v) is 9.83. The fraction of sp³-hybridized carbons (Fsp3) is 0.300. The zero-order valence-corrected chi connectivity index (χ0v) is 17.2. The number of hydrogen-bond donors (Lipinski definition) is 0. The van der Waals surface area contributed by atoms with E-state index in [0.29, 0.717) is 11.7 Å². The van der Waals surface area contributed by atoms with Crippen LogP contribution in [0.2, 0.25) is 0 Å². The molecule has 0 aliphatic heterocycles. The Balaban J connectivity index is 1.63. The first kappa shape index (κ1) is 19.9. The molecule has 1 amide bonds. The smallest absolute Gasteiger partial charge is 0.233 e. The third-order valence-corrected chi connectivity index (χ3v) is 5.48. The molecule has 1 aromatic heterocycles. The highest BCUT2D eigenvalue weighted by atomic mass is 32.2. The largest absolute Gasteiger partial charge is 0.497 e. The summed E-state index contributed by atoms with van der Waals surface area (Å²) in [5.41, 5.74) is 4.24. The highest BCUT2D eigenvalue weighted by molar-refractivity contribution is 7.99. The molecule has 0 spiro atoms. The summed E-state index contributed by atoms with van der Waals surface area (Å²) in [6, 6.07) is 13.7. The zero-order valence-electron chi connectivity index (χ0n) is 16.4. The molecule has 0 radical (unpaired) electrons. The molecule has 0 aliphatic carbocycles. The van der Waals surface area contributed by atoms with E-state index in [2.05, 4.69) is 15.5 Å². The normalized spacial score (nSPS) is 10.7. The second kappa shape index (κ2) is 8.88. The quantitative estimate of drug-likeness (QED) is 0.571. The lowest BCUT2D eigenvalue weighted by Gasteiger charge is -2.17. The number of rotatable bonds is 7. The lowest BCUT2D eigenvalue weighted by Crippen LogP contribution is -2.27. The summed E-state index contributed by atoms with van der Waals surface area (Å²) in [7, 11) is 3.43. The third kappa shape index (κ3) is 4.51. The van der Waals surface area contributed by atoms with Gasteiger partial charge in [-0.2, -0.15) is 4.68 Å². The van der Waals surface area contributed by atoms with Crippen LogP contribution in [0.1, 0.15) is 16.7 Å². The molecule has 0 bridgehead atoms. The minimum atomic E-state index is 0.0105. The average Bonchev–Trinajstić information content (AvgIpc) is 3.17. The average molecular weight is 398 g/mol. The van der Waals surface area contributed by atoms with E-state index in [1.54, 1.807) is 23.7 Å². The van der Waals surface area contributed by atoms with E-state index in [9.17, 15) is 4.79 Å². The van der Waals surface area contributed by atoms with Crippen LogP contribution < -0.4 is 4.74 Å². The summed E-state index contributed by atoms with van der Waals surface area (Å²) in [5, 5.41) is 12.5. The molecule has 7 nitrogen and oxygen atoms in total. The maximum Gasteiger partial charge on any atom is 0.233 e. The molecule has 2 aromatic carbocycles. The van der Waals surface area contributed by atoms with Crippen molar-refractivity contribution in [3.8, 4) is 11.4 Å². The molecule has 28 heavy (non-hydrogen) atoms. The molecule has 0 saturated carbocycles. The lowest BCUT2D eigenvalue weighted by atomic mass is 10.1. The number of ether oxygens (including phenoxy) is 1. The van der Waals surface area contributed by atoms with E-state index in [-0.39, 0.29) is 11.7 Å². The van der Waals surface area contributed by atoms with Gasteiger partial charge in [0.15, 0.2) is 0 Å². The van der Waals surface area contributed by atoms with Gasteiger partial charge in [-0.25, -0.2) is 0 Å². The van der Waals surface area contributed by atoms with Crippen LogP contribution in [0.25, 0.3) is 5.69 Å². The van der Waals surface area contributed by atoms with Crippen LogP contribution in [0.4, 0.5) is 0 Å². The molecule has 0 N–H and O–H groups in total. The number of carbonyl (C=O) groups is 1. The van der Waals surface area contributed by atoms with Crippen molar-refractivity contribution >= 4 is 17.7 Å². The number of hydrogen-bond acceptors (Lipinski definition) is 6. The monoisotopic (exact) mass is 397 g/mol. The van der Waals surface area contributed by atoms with Gasteiger partial charge in [-0.05, 0) is 59.2 Å². The molecule has 0 fully saturated rings. The van der Waals surface area contributed by atoms with Gasteiger partial charge in [-0.15, -0.1) is 5.10 Å². The van der Waals surface area contributed by atoms with Crippen molar-refractivity contribution < 1.29 is 9.53 Å². The number of aryl methyl sites for hydroxylation is 1. The van der Waals surface area contributed by atoms with E-state index in [0.717, 1.165) is 22.6 Å². The molecule has 8 heteroatoms. The Morgan fingerprint density at radius 1 is 1.18 bits per heavy atom. The van der Waals surface area contributed by atoms with Crippen molar-refractivity contribution in [1.82, 2.24) is 25.1 Å². The summed E-state index contributed by atoms with van der Waals surface area (Å²) < 4.78 is 6.84. The van der Waals surface area contributed by atoms with Crippen LogP contribution in [0, 0.1) is 13.8 Å². The lowest BCUT2D eigenvalue weighted by molar-refractivity contribution is -0.127. The molecule has 1 heterocycles. The predicted molar refractivity (Wildman–Crippen MR) is 109 cm³/mol. The Bertz CT molecular complexity index is 955. The number of aromatic nitrogens is 4. The predicted octanol–water partition coefficient (Wildman–Crippen LogP) is 3.04. The number of nitrogens with zero attached hydrogens (tertiary/aromatic N) is 5. The van der Waals surface area contributed by atoms with Crippen LogP contribution >= 0.6 is 11.8 Å². The Kier molecular flexibility index (Phi) is 6.30. The van der Waals surface area contributed by atoms with Gasteiger partial charge in [-0.1, -0.05) is 36.0 Å². The van der Waals surface area contributed by atoms with Gasteiger partial charge < -0.3 is 9.64 Å². The maximum atomic E-state index is 12.5. The van der Waals surface area contributed by atoms with Crippen molar-refractivity contribution in [2.75, 3.05) is 19.9 Å². The Morgan fingerprint density at radius 2 is 1.93 bits per heavy atom. The van der Waals surface area contributed by atoms with Gasteiger partial charge in [0.2, 0.25) is 11.1 Å². The molecule has 3 aromatic rings. The number of tetrazole rings is 1. The van der Waals surface area contributed by atoms with Crippen LogP contribution in [0.5, 0.6) is 5.75 Å². The van der Waals surface area contributed by atoms with Crippen molar-refractivity contribution in [2.24, 2.45) is 0 Å². The van der Waals surface area contributed by atoms with Crippen LogP contribution in [-0.4, -0.2) is 50.9 Å². The highest BCUT2D eigenvalue weighted by Gasteiger charge is 2.16. The van der Waals surface area contributed by atoms with Crippen LogP contribution in [0.3, 0.4) is 0 Å². The number of thioether (sulfide) groups is 1. The highest BCUT2D eigenvalue weighted by Crippen LogP contribution is 2.22. The van der Waals surface area contributed by atoms with E-state index in [4.69, 9.17) is 4.74 Å². The van der Waals surface area contributed by atoms with Gasteiger partial charge >= 0.3 is 0 Å². The van der Waals surface area contributed by atoms with Gasteiger partial charge in [-0.3, -0.25) is 4.79 Å². The van der Waals surface area contributed by atoms with Crippen molar-refractivity contribution in [2.45, 2.75) is 25.5 Å². The van der Waals surface area contributed by atoms with Crippen LogP contribution in [0.15, 0.2) is 47.6 Å². The minimum absolute atomic E-state index is 0.0105. The van der Waals surface area contributed by atoms with Crippen molar-refractivity contribution in [3.63, 3.8) is 0 Å². The van der Waals surface area contributed by atoms with E-state index < -0.39 is 0 Å². The summed E-state index contributed by atoms with van der Waals surface area (Å²) >= 11 is 1.33. The van der Waals surface area contributed by atoms with E-state index in [1.807, 2.05) is 56.3 Å². The molecule has 3 rings (SSSR count).